The highest BCUT2D eigenvalue weighted by molar-refractivity contribution is 5.92. The van der Waals surface area contributed by atoms with Crippen LogP contribution in [0.15, 0.2) is 30.3 Å². The van der Waals surface area contributed by atoms with Crippen molar-refractivity contribution in [2.75, 3.05) is 39.4 Å². The first-order chi connectivity index (χ1) is 13.0. The van der Waals surface area contributed by atoms with Crippen molar-refractivity contribution in [3.8, 4) is 5.75 Å². The SMILES string of the molecule is CCCOc1ccc(/C=C/C(=O)N2CCN(C(=O)OCC(C)C)CC2)cc1. The monoisotopic (exact) mass is 374 g/mol. The number of ether oxygens (including phenoxy) is 2. The Morgan fingerprint density at radius 2 is 1.70 bits per heavy atom. The van der Waals surface area contributed by atoms with Gasteiger partial charge in [-0.1, -0.05) is 32.9 Å². The van der Waals surface area contributed by atoms with Crippen LogP contribution >= 0.6 is 0 Å². The van der Waals surface area contributed by atoms with E-state index < -0.39 is 0 Å². The van der Waals surface area contributed by atoms with Gasteiger partial charge in [-0.05, 0) is 36.1 Å². The summed E-state index contributed by atoms with van der Waals surface area (Å²) in [5.74, 6) is 1.10. The molecule has 0 aromatic heterocycles. The number of piperazine rings is 1. The van der Waals surface area contributed by atoms with Crippen LogP contribution in [0.3, 0.4) is 0 Å². The van der Waals surface area contributed by atoms with Crippen LogP contribution in [0.4, 0.5) is 4.79 Å². The van der Waals surface area contributed by atoms with Crippen LogP contribution in [0.5, 0.6) is 5.75 Å². The molecule has 6 nitrogen and oxygen atoms in total. The average molecular weight is 374 g/mol. The zero-order valence-corrected chi connectivity index (χ0v) is 16.5. The van der Waals surface area contributed by atoms with Crippen LogP contribution in [-0.4, -0.2) is 61.2 Å². The van der Waals surface area contributed by atoms with Gasteiger partial charge in [0.1, 0.15) is 5.75 Å². The minimum absolute atomic E-state index is 0.0449. The van der Waals surface area contributed by atoms with E-state index in [1.807, 2.05) is 38.1 Å². The Labute approximate surface area is 161 Å². The Morgan fingerprint density at radius 3 is 2.30 bits per heavy atom. The molecule has 1 saturated heterocycles. The van der Waals surface area contributed by atoms with E-state index >= 15 is 0 Å². The normalized spacial score (nSPS) is 14.7. The maximum atomic E-state index is 12.4. The van der Waals surface area contributed by atoms with E-state index in [4.69, 9.17) is 9.47 Å². The van der Waals surface area contributed by atoms with E-state index in [2.05, 4.69) is 6.92 Å². The molecule has 1 heterocycles. The largest absolute Gasteiger partial charge is 0.494 e. The third kappa shape index (κ3) is 6.96. The quantitative estimate of drug-likeness (QED) is 0.686. The number of hydrogen-bond acceptors (Lipinski definition) is 4. The summed E-state index contributed by atoms with van der Waals surface area (Å²) in [5, 5.41) is 0. The van der Waals surface area contributed by atoms with Gasteiger partial charge in [-0.2, -0.15) is 0 Å². The molecule has 6 heteroatoms. The second-order valence-corrected chi connectivity index (χ2v) is 7.03. The zero-order chi connectivity index (χ0) is 19.6. The summed E-state index contributed by atoms with van der Waals surface area (Å²) >= 11 is 0. The third-order valence-electron chi connectivity index (χ3n) is 4.16. The van der Waals surface area contributed by atoms with Crippen molar-refractivity contribution in [1.29, 1.82) is 0 Å². The number of nitrogens with zero attached hydrogens (tertiary/aromatic N) is 2. The highest BCUT2D eigenvalue weighted by Gasteiger charge is 2.24. The van der Waals surface area contributed by atoms with Gasteiger partial charge in [-0.25, -0.2) is 4.79 Å². The van der Waals surface area contributed by atoms with Gasteiger partial charge in [0.2, 0.25) is 5.91 Å². The van der Waals surface area contributed by atoms with E-state index in [1.165, 1.54) is 0 Å². The Balaban J connectivity index is 1.78. The van der Waals surface area contributed by atoms with Crippen LogP contribution in [0.2, 0.25) is 0 Å². The molecule has 1 aliphatic rings. The van der Waals surface area contributed by atoms with Gasteiger partial charge < -0.3 is 19.3 Å². The second kappa shape index (κ2) is 10.6. The van der Waals surface area contributed by atoms with Gasteiger partial charge in [0, 0.05) is 32.3 Å². The highest BCUT2D eigenvalue weighted by Crippen LogP contribution is 2.14. The first-order valence-electron chi connectivity index (χ1n) is 9.61. The smallest absolute Gasteiger partial charge is 0.409 e. The molecular formula is C21H30N2O4. The summed E-state index contributed by atoms with van der Waals surface area (Å²) in [6.07, 6.45) is 4.06. The van der Waals surface area contributed by atoms with Gasteiger partial charge in [-0.3, -0.25) is 4.79 Å². The standard InChI is InChI=1S/C21H30N2O4/c1-4-15-26-19-8-5-18(6-9-19)7-10-20(24)22-11-13-23(14-12-22)21(25)27-16-17(2)3/h5-10,17H,4,11-16H2,1-3H3/b10-7+. The lowest BCUT2D eigenvalue weighted by molar-refractivity contribution is -0.127. The maximum Gasteiger partial charge on any atom is 0.409 e. The molecule has 1 aromatic rings. The fraction of sp³-hybridized carbons (Fsp3) is 0.524. The molecule has 1 fully saturated rings. The number of carbonyl (C=O) groups excluding carboxylic acids is 2. The topological polar surface area (TPSA) is 59.1 Å². The van der Waals surface area contributed by atoms with Crippen molar-refractivity contribution < 1.29 is 19.1 Å². The molecule has 0 bridgehead atoms. The van der Waals surface area contributed by atoms with Gasteiger partial charge in [0.15, 0.2) is 0 Å². The predicted molar refractivity (Wildman–Crippen MR) is 106 cm³/mol. The fourth-order valence-electron chi connectivity index (χ4n) is 2.61. The number of hydrogen-bond donors (Lipinski definition) is 0. The lowest BCUT2D eigenvalue weighted by Crippen LogP contribution is -2.50. The zero-order valence-electron chi connectivity index (χ0n) is 16.5. The molecular weight excluding hydrogens is 344 g/mol. The molecule has 1 aromatic carbocycles. The molecule has 2 amide bonds. The van der Waals surface area contributed by atoms with Crippen molar-refractivity contribution in [1.82, 2.24) is 9.80 Å². The molecule has 2 rings (SSSR count). The first-order valence-corrected chi connectivity index (χ1v) is 9.61. The molecule has 0 saturated carbocycles. The lowest BCUT2D eigenvalue weighted by atomic mass is 10.2. The lowest BCUT2D eigenvalue weighted by Gasteiger charge is -2.33. The van der Waals surface area contributed by atoms with Crippen molar-refractivity contribution in [3.63, 3.8) is 0 Å². The molecule has 0 N–H and O–H groups in total. The summed E-state index contributed by atoms with van der Waals surface area (Å²) in [6, 6.07) is 7.66. The molecule has 1 aliphatic heterocycles. The predicted octanol–water partition coefficient (Wildman–Crippen LogP) is 3.43. The van der Waals surface area contributed by atoms with E-state index in [0.717, 1.165) is 17.7 Å². The van der Waals surface area contributed by atoms with Crippen LogP contribution < -0.4 is 4.74 Å². The van der Waals surface area contributed by atoms with Crippen molar-refractivity contribution in [2.45, 2.75) is 27.2 Å². The third-order valence-corrected chi connectivity index (χ3v) is 4.16. The van der Waals surface area contributed by atoms with Gasteiger partial charge in [-0.15, -0.1) is 0 Å². The Kier molecular flexibility index (Phi) is 8.17. The minimum atomic E-state index is -0.295. The van der Waals surface area contributed by atoms with Gasteiger partial charge in [0.25, 0.3) is 0 Å². The Morgan fingerprint density at radius 1 is 1.07 bits per heavy atom. The summed E-state index contributed by atoms with van der Waals surface area (Å²) in [6.45, 7) is 9.22. The van der Waals surface area contributed by atoms with Gasteiger partial charge in [0.05, 0.1) is 13.2 Å². The van der Waals surface area contributed by atoms with E-state index in [1.54, 1.807) is 22.0 Å². The average Bonchev–Trinajstić information content (AvgIpc) is 2.69. The second-order valence-electron chi connectivity index (χ2n) is 7.03. The minimum Gasteiger partial charge on any atom is -0.494 e. The molecule has 27 heavy (non-hydrogen) atoms. The van der Waals surface area contributed by atoms with Crippen molar-refractivity contribution in [2.24, 2.45) is 5.92 Å². The van der Waals surface area contributed by atoms with Crippen molar-refractivity contribution >= 4 is 18.1 Å². The van der Waals surface area contributed by atoms with E-state index in [0.29, 0.717) is 45.3 Å². The molecule has 0 radical (unpaired) electrons. The Bertz CT molecular complexity index is 632. The van der Waals surface area contributed by atoms with E-state index in [-0.39, 0.29) is 12.0 Å². The molecule has 0 aliphatic carbocycles. The fourth-order valence-corrected chi connectivity index (χ4v) is 2.61. The van der Waals surface area contributed by atoms with Crippen molar-refractivity contribution in [3.05, 3.63) is 35.9 Å². The van der Waals surface area contributed by atoms with Crippen LogP contribution in [0, 0.1) is 5.92 Å². The number of carbonyl (C=O) groups is 2. The summed E-state index contributed by atoms with van der Waals surface area (Å²) in [5.41, 5.74) is 0.947. The molecule has 0 atom stereocenters. The first kappa shape index (κ1) is 20.8. The number of benzene rings is 1. The summed E-state index contributed by atoms with van der Waals surface area (Å²) in [4.78, 5) is 27.7. The molecule has 0 spiro atoms. The summed E-state index contributed by atoms with van der Waals surface area (Å²) in [7, 11) is 0. The maximum absolute atomic E-state index is 12.4. The summed E-state index contributed by atoms with van der Waals surface area (Å²) < 4.78 is 10.8. The van der Waals surface area contributed by atoms with Crippen LogP contribution in [-0.2, 0) is 9.53 Å². The number of amides is 2. The molecule has 148 valence electrons. The molecule has 0 unspecified atom stereocenters. The number of rotatable bonds is 7. The van der Waals surface area contributed by atoms with Gasteiger partial charge >= 0.3 is 6.09 Å². The van der Waals surface area contributed by atoms with Crippen LogP contribution in [0.1, 0.15) is 32.8 Å². The van der Waals surface area contributed by atoms with E-state index in [9.17, 15) is 9.59 Å². The van der Waals surface area contributed by atoms with Crippen LogP contribution in [0.25, 0.3) is 6.08 Å². The Hall–Kier alpha value is -2.50. The highest BCUT2D eigenvalue weighted by atomic mass is 16.6.